The van der Waals surface area contributed by atoms with E-state index in [1.54, 1.807) is 11.0 Å². The van der Waals surface area contributed by atoms with Gasteiger partial charge in [-0.05, 0) is 25.0 Å². The number of carbonyl (C=O) groups is 1. The number of halogens is 3. The van der Waals surface area contributed by atoms with Crippen molar-refractivity contribution in [2.75, 3.05) is 30.3 Å². The summed E-state index contributed by atoms with van der Waals surface area (Å²) in [7, 11) is 0. The van der Waals surface area contributed by atoms with E-state index in [1.165, 1.54) is 0 Å². The molecule has 3 aromatic rings. The minimum absolute atomic E-state index is 0.0457. The Labute approximate surface area is 232 Å². The number of para-hydroxylation sites is 1. The number of allylic oxidation sites excluding steroid dienone is 1. The summed E-state index contributed by atoms with van der Waals surface area (Å²) in [5.41, 5.74) is 2.46. The number of nitrogens with one attached hydrogen (secondary N) is 3. The molecule has 2 aromatic carbocycles. The van der Waals surface area contributed by atoms with Gasteiger partial charge in [-0.1, -0.05) is 53.6 Å². The molecule has 1 fully saturated rings. The van der Waals surface area contributed by atoms with Crippen LogP contribution < -0.4 is 16.0 Å². The van der Waals surface area contributed by atoms with Crippen molar-refractivity contribution in [3.8, 4) is 0 Å². The highest BCUT2D eigenvalue weighted by Gasteiger charge is 2.38. The molecule has 0 spiro atoms. The van der Waals surface area contributed by atoms with Gasteiger partial charge in [0, 0.05) is 30.8 Å². The Hall–Kier alpha value is -4.65. The zero-order valence-electron chi connectivity index (χ0n) is 21.7. The Morgan fingerprint density at radius 2 is 1.76 bits per heavy atom. The number of rotatable bonds is 5. The Bertz CT molecular complexity index is 1540. The summed E-state index contributed by atoms with van der Waals surface area (Å²) in [4.78, 5) is 19.6. The smallest absolute Gasteiger partial charge is 0.402 e. The second kappa shape index (κ2) is 10.7. The van der Waals surface area contributed by atoms with E-state index >= 15 is 0 Å². The molecule has 0 aliphatic carbocycles. The number of piperidine rings is 1. The average molecular weight is 566 g/mol. The van der Waals surface area contributed by atoms with E-state index in [4.69, 9.17) is 4.42 Å². The Morgan fingerprint density at radius 1 is 1.02 bits per heavy atom. The molecule has 3 aliphatic heterocycles. The second-order valence-electron chi connectivity index (χ2n) is 9.84. The number of likely N-dealkylation sites (tertiary alicyclic amines) is 1. The topological polar surface area (TPSA) is 128 Å². The zero-order valence-corrected chi connectivity index (χ0v) is 21.7. The van der Waals surface area contributed by atoms with Gasteiger partial charge in [-0.15, -0.1) is 5.10 Å². The minimum Gasteiger partial charge on any atom is -0.402 e. The molecule has 4 heterocycles. The first-order valence-electron chi connectivity index (χ1n) is 13.1. The molecule has 1 saturated heterocycles. The first-order chi connectivity index (χ1) is 19.8. The van der Waals surface area contributed by atoms with Crippen LogP contribution in [0.2, 0.25) is 0 Å². The van der Waals surface area contributed by atoms with Gasteiger partial charge >= 0.3 is 12.2 Å². The quantitative estimate of drug-likeness (QED) is 0.370. The number of alkyl halides is 3. The van der Waals surface area contributed by atoms with Gasteiger partial charge in [0.1, 0.15) is 5.70 Å². The average Bonchev–Trinajstić information content (AvgIpc) is 3.38. The number of nitrogens with zero attached hydrogens (tertiary/aromatic N) is 4. The van der Waals surface area contributed by atoms with Gasteiger partial charge in [0.25, 0.3) is 11.8 Å². The monoisotopic (exact) mass is 565 g/mol. The van der Waals surface area contributed by atoms with Gasteiger partial charge in [-0.25, -0.2) is 4.99 Å². The fourth-order valence-electron chi connectivity index (χ4n) is 4.97. The molecule has 0 radical (unpaired) electrons. The van der Waals surface area contributed by atoms with Crippen LogP contribution in [0.15, 0.2) is 81.4 Å². The lowest BCUT2D eigenvalue weighted by atomic mass is 10.0. The molecule has 4 N–H and O–H groups in total. The normalized spacial score (nSPS) is 20.0. The Kier molecular flexibility index (Phi) is 6.95. The van der Waals surface area contributed by atoms with Gasteiger partial charge in [-0.2, -0.15) is 13.2 Å². The summed E-state index contributed by atoms with van der Waals surface area (Å²) in [5, 5.41) is 26.5. The summed E-state index contributed by atoms with van der Waals surface area (Å²) in [6.07, 6.45) is -4.24. The first kappa shape index (κ1) is 26.6. The van der Waals surface area contributed by atoms with Crippen LogP contribution >= 0.6 is 0 Å². The molecule has 0 bridgehead atoms. The van der Waals surface area contributed by atoms with Gasteiger partial charge in [-0.3, -0.25) is 4.79 Å². The largest absolute Gasteiger partial charge is 0.414 e. The molecular weight excluding hydrogens is 539 g/mol. The van der Waals surface area contributed by atoms with Crippen LogP contribution in [-0.2, 0) is 4.79 Å². The molecule has 13 heteroatoms. The number of fused-ring (bicyclic) bond motifs is 1. The van der Waals surface area contributed by atoms with Gasteiger partial charge in [0.05, 0.1) is 28.8 Å². The summed E-state index contributed by atoms with van der Waals surface area (Å²) in [6.45, 7) is 0.253. The van der Waals surface area contributed by atoms with E-state index in [0.717, 1.165) is 17.2 Å². The van der Waals surface area contributed by atoms with Crippen molar-refractivity contribution in [3.05, 3.63) is 89.0 Å². The number of aliphatic hydroxyl groups excluding tert-OH is 1. The lowest BCUT2D eigenvalue weighted by Crippen LogP contribution is -2.39. The molecule has 10 nitrogen and oxygen atoms in total. The predicted molar refractivity (Wildman–Crippen MR) is 145 cm³/mol. The molecule has 0 saturated carbocycles. The third-order valence-corrected chi connectivity index (χ3v) is 7.08. The molecule has 212 valence electrons. The van der Waals surface area contributed by atoms with Crippen molar-refractivity contribution in [2.24, 2.45) is 4.99 Å². The van der Waals surface area contributed by atoms with Crippen molar-refractivity contribution < 1.29 is 27.5 Å². The number of hydrogen-bond donors (Lipinski definition) is 4. The fourth-order valence-corrected chi connectivity index (χ4v) is 4.97. The van der Waals surface area contributed by atoms with Crippen molar-refractivity contribution in [3.63, 3.8) is 0 Å². The van der Waals surface area contributed by atoms with E-state index < -0.39 is 36.5 Å². The Morgan fingerprint density at radius 3 is 2.51 bits per heavy atom. The molecule has 1 aromatic heterocycles. The number of dihydropyridines is 1. The lowest BCUT2D eigenvalue weighted by Gasteiger charge is -2.35. The first-order valence-corrected chi connectivity index (χ1v) is 13.1. The van der Waals surface area contributed by atoms with Crippen molar-refractivity contribution in [1.29, 1.82) is 0 Å². The van der Waals surface area contributed by atoms with Crippen LogP contribution in [0.5, 0.6) is 0 Å². The third kappa shape index (κ3) is 5.53. The minimum atomic E-state index is -4.51. The van der Waals surface area contributed by atoms with Crippen LogP contribution in [0.3, 0.4) is 0 Å². The molecular formula is C28H26F3N7O3. The number of carbonyl (C=O) groups excluding carboxylic acids is 1. The highest BCUT2D eigenvalue weighted by molar-refractivity contribution is 6.19. The number of anilines is 2. The maximum atomic E-state index is 13.6. The second-order valence-corrected chi connectivity index (χ2v) is 9.84. The summed E-state index contributed by atoms with van der Waals surface area (Å²) in [5.74, 6) is -0.501. The maximum absolute atomic E-state index is 13.6. The van der Waals surface area contributed by atoms with E-state index in [-0.39, 0.29) is 23.3 Å². The van der Waals surface area contributed by atoms with Gasteiger partial charge < -0.3 is 30.4 Å². The number of hydrogen-bond acceptors (Lipinski definition) is 9. The van der Waals surface area contributed by atoms with E-state index in [0.29, 0.717) is 37.3 Å². The van der Waals surface area contributed by atoms with Crippen molar-refractivity contribution in [1.82, 2.24) is 20.4 Å². The Balaban J connectivity index is 1.33. The molecule has 1 atom stereocenters. The number of benzodiazepines with no additional fused rings is 1. The molecule has 3 aliphatic rings. The highest BCUT2D eigenvalue weighted by atomic mass is 19.4. The molecule has 6 rings (SSSR count). The number of amides is 1. The van der Waals surface area contributed by atoms with Crippen molar-refractivity contribution >= 4 is 29.0 Å². The number of benzene rings is 2. The van der Waals surface area contributed by atoms with Crippen LogP contribution in [0.1, 0.15) is 29.9 Å². The lowest BCUT2D eigenvalue weighted by molar-refractivity contribution is -0.116. The van der Waals surface area contributed by atoms with Crippen LogP contribution in [0, 0.1) is 0 Å². The molecule has 0 unspecified atom stereocenters. The standard InChI is InChI=1S/C28H26F3N7O3/c29-28(30,31)17-14-21(38-12-10-18(39)11-13-38)23(32-15-17)26-36-37-27(41-26)35-24-25(40)33-20-9-5-4-8-19(20)22(34-24)16-6-2-1-3-7-16/h1-9,14,18,24,32,39H,10-13,15H2,(H,33,40)(H,35,37)/t24-/m1/s1. The highest BCUT2D eigenvalue weighted by Crippen LogP contribution is 2.34. The van der Waals surface area contributed by atoms with E-state index in [9.17, 15) is 23.1 Å². The third-order valence-electron chi connectivity index (χ3n) is 7.08. The van der Waals surface area contributed by atoms with Gasteiger partial charge in [0.2, 0.25) is 6.17 Å². The number of aliphatic hydroxyl groups is 1. The fraction of sp³-hybridized carbons (Fsp3) is 0.286. The summed E-state index contributed by atoms with van der Waals surface area (Å²) in [6, 6.07) is 16.6. The molecule has 1 amide bonds. The summed E-state index contributed by atoms with van der Waals surface area (Å²) >= 11 is 0. The van der Waals surface area contributed by atoms with Crippen LogP contribution in [-0.4, -0.2) is 69.9 Å². The SMILES string of the molecule is O=C1Nc2ccccc2C(c2ccccc2)=N[C@@H]1Nc1nnc(C2=C(N3CCC(O)CC3)C=C(C(F)(F)F)CN2)o1. The van der Waals surface area contributed by atoms with E-state index in [1.807, 2.05) is 48.5 Å². The number of aromatic nitrogens is 2. The molecule has 41 heavy (non-hydrogen) atoms. The van der Waals surface area contributed by atoms with Crippen molar-refractivity contribution in [2.45, 2.75) is 31.3 Å². The maximum Gasteiger partial charge on any atom is 0.414 e. The summed E-state index contributed by atoms with van der Waals surface area (Å²) < 4.78 is 46.5. The predicted octanol–water partition coefficient (Wildman–Crippen LogP) is 3.51. The number of aliphatic imine (C=N–C) groups is 1. The van der Waals surface area contributed by atoms with Crippen LogP contribution in [0.4, 0.5) is 24.9 Å². The zero-order chi connectivity index (χ0) is 28.6. The van der Waals surface area contributed by atoms with E-state index in [2.05, 4.69) is 31.1 Å². The van der Waals surface area contributed by atoms with Gasteiger partial charge in [0.15, 0.2) is 0 Å². The van der Waals surface area contributed by atoms with Crippen LogP contribution in [0.25, 0.3) is 5.70 Å².